The third-order valence-corrected chi connectivity index (χ3v) is 2.48. The number of Topliss-reactive ketones (excluding diaryl/α,β-unsaturated/α-hetero) is 1. The molecule has 0 heterocycles. The highest BCUT2D eigenvalue weighted by atomic mass is 19.4. The minimum atomic E-state index is -4.47. The zero-order chi connectivity index (χ0) is 13.1. The summed E-state index contributed by atoms with van der Waals surface area (Å²) in [5.74, 6) is -0.136. The summed E-state index contributed by atoms with van der Waals surface area (Å²) < 4.78 is 38.0. The predicted octanol–water partition coefficient (Wildman–Crippen LogP) is 4.32. The molecule has 0 N–H and O–H groups in total. The van der Waals surface area contributed by atoms with Crippen molar-refractivity contribution in [1.82, 2.24) is 0 Å². The lowest BCUT2D eigenvalue weighted by Gasteiger charge is -2.12. The summed E-state index contributed by atoms with van der Waals surface area (Å²) in [5, 5.41) is 0. The topological polar surface area (TPSA) is 17.1 Å². The summed E-state index contributed by atoms with van der Waals surface area (Å²) >= 11 is 0. The molecule has 0 amide bonds. The summed E-state index contributed by atoms with van der Waals surface area (Å²) in [7, 11) is 0. The van der Waals surface area contributed by atoms with Gasteiger partial charge in [-0.3, -0.25) is 4.79 Å². The molecule has 0 aliphatic heterocycles. The second kappa shape index (κ2) is 5.34. The third-order valence-electron chi connectivity index (χ3n) is 2.48. The van der Waals surface area contributed by atoms with Crippen LogP contribution in [-0.2, 0) is 6.18 Å². The van der Waals surface area contributed by atoms with Crippen molar-refractivity contribution in [3.63, 3.8) is 0 Å². The molecule has 1 aromatic carbocycles. The number of hydrogen-bond donors (Lipinski definition) is 0. The van der Waals surface area contributed by atoms with Crippen LogP contribution in [0.15, 0.2) is 24.3 Å². The molecule has 0 aromatic heterocycles. The minimum absolute atomic E-state index is 0.157. The van der Waals surface area contributed by atoms with Gasteiger partial charge in [-0.25, -0.2) is 0 Å². The first kappa shape index (κ1) is 13.7. The maximum Gasteiger partial charge on any atom is 0.417 e. The van der Waals surface area contributed by atoms with E-state index >= 15 is 0 Å². The SMILES string of the molecule is CC(C)CCC(=O)c1ccccc1C(F)(F)F. The van der Waals surface area contributed by atoms with Gasteiger partial charge in [-0.05, 0) is 18.4 Å². The monoisotopic (exact) mass is 244 g/mol. The van der Waals surface area contributed by atoms with E-state index in [-0.39, 0.29) is 12.0 Å². The molecule has 0 spiro atoms. The fourth-order valence-corrected chi connectivity index (χ4v) is 1.53. The highest BCUT2D eigenvalue weighted by molar-refractivity contribution is 5.97. The van der Waals surface area contributed by atoms with Crippen LogP contribution in [0.5, 0.6) is 0 Å². The Morgan fingerprint density at radius 2 is 1.82 bits per heavy atom. The van der Waals surface area contributed by atoms with Crippen LogP contribution in [0.4, 0.5) is 13.2 Å². The van der Waals surface area contributed by atoms with Gasteiger partial charge in [-0.15, -0.1) is 0 Å². The number of ketones is 1. The molecule has 0 atom stereocenters. The first-order valence-corrected chi connectivity index (χ1v) is 5.51. The zero-order valence-corrected chi connectivity index (χ0v) is 9.84. The Labute approximate surface area is 98.6 Å². The van der Waals surface area contributed by atoms with Gasteiger partial charge < -0.3 is 0 Å². The number of carbonyl (C=O) groups excluding carboxylic acids is 1. The van der Waals surface area contributed by atoms with Crippen LogP contribution in [0.3, 0.4) is 0 Å². The van der Waals surface area contributed by atoms with Gasteiger partial charge in [0.05, 0.1) is 5.56 Å². The van der Waals surface area contributed by atoms with Crippen LogP contribution in [0.25, 0.3) is 0 Å². The fraction of sp³-hybridized carbons (Fsp3) is 0.462. The largest absolute Gasteiger partial charge is 0.417 e. The van der Waals surface area contributed by atoms with Gasteiger partial charge in [0.1, 0.15) is 0 Å². The number of benzene rings is 1. The number of alkyl halides is 3. The molecular weight excluding hydrogens is 229 g/mol. The summed E-state index contributed by atoms with van der Waals surface area (Å²) in [6.07, 6.45) is -3.71. The highest BCUT2D eigenvalue weighted by Gasteiger charge is 2.34. The molecule has 1 aromatic rings. The maximum atomic E-state index is 12.7. The van der Waals surface area contributed by atoms with Crippen LogP contribution < -0.4 is 0 Å². The molecule has 17 heavy (non-hydrogen) atoms. The van der Waals surface area contributed by atoms with Gasteiger partial charge in [0.25, 0.3) is 0 Å². The van der Waals surface area contributed by atoms with E-state index in [1.54, 1.807) is 0 Å². The van der Waals surface area contributed by atoms with Crippen molar-refractivity contribution in [3.05, 3.63) is 35.4 Å². The zero-order valence-electron chi connectivity index (χ0n) is 9.84. The Morgan fingerprint density at radius 1 is 1.24 bits per heavy atom. The van der Waals surface area contributed by atoms with E-state index < -0.39 is 17.5 Å². The van der Waals surface area contributed by atoms with Crippen molar-refractivity contribution in [2.24, 2.45) is 5.92 Å². The summed E-state index contributed by atoms with van der Waals surface area (Å²) in [4.78, 5) is 11.7. The van der Waals surface area contributed by atoms with E-state index in [9.17, 15) is 18.0 Å². The molecular formula is C13H15F3O. The van der Waals surface area contributed by atoms with E-state index in [4.69, 9.17) is 0 Å². The first-order chi connectivity index (χ1) is 7.82. The smallest absolute Gasteiger partial charge is 0.294 e. The molecule has 4 heteroatoms. The van der Waals surface area contributed by atoms with Crippen molar-refractivity contribution in [2.45, 2.75) is 32.9 Å². The highest BCUT2D eigenvalue weighted by Crippen LogP contribution is 2.32. The van der Waals surface area contributed by atoms with Crippen LogP contribution in [0.2, 0.25) is 0 Å². The minimum Gasteiger partial charge on any atom is -0.294 e. The Morgan fingerprint density at radius 3 is 2.35 bits per heavy atom. The van der Waals surface area contributed by atoms with Crippen molar-refractivity contribution in [3.8, 4) is 0 Å². The Bertz CT molecular complexity index is 394. The molecule has 1 rings (SSSR count). The molecule has 0 aliphatic carbocycles. The second-order valence-corrected chi connectivity index (χ2v) is 4.40. The average molecular weight is 244 g/mol. The van der Waals surface area contributed by atoms with Crippen molar-refractivity contribution >= 4 is 5.78 Å². The lowest BCUT2D eigenvalue weighted by Crippen LogP contribution is -2.13. The normalized spacial score (nSPS) is 11.9. The number of halogens is 3. The molecule has 0 bridgehead atoms. The van der Waals surface area contributed by atoms with Crippen LogP contribution in [-0.4, -0.2) is 5.78 Å². The van der Waals surface area contributed by atoms with Gasteiger partial charge in [-0.2, -0.15) is 13.2 Å². The van der Waals surface area contributed by atoms with E-state index in [0.717, 1.165) is 6.07 Å². The molecule has 0 unspecified atom stereocenters. The molecule has 0 radical (unpaired) electrons. The van der Waals surface area contributed by atoms with E-state index in [1.807, 2.05) is 13.8 Å². The van der Waals surface area contributed by atoms with Crippen LogP contribution >= 0.6 is 0 Å². The third kappa shape index (κ3) is 3.88. The fourth-order valence-electron chi connectivity index (χ4n) is 1.53. The molecule has 94 valence electrons. The van der Waals surface area contributed by atoms with Crippen LogP contribution in [0.1, 0.15) is 42.6 Å². The lowest BCUT2D eigenvalue weighted by molar-refractivity contribution is -0.137. The summed E-state index contributed by atoms with van der Waals surface area (Å²) in [6, 6.07) is 4.94. The number of rotatable bonds is 4. The molecule has 1 nitrogen and oxygen atoms in total. The Kier molecular flexibility index (Phi) is 4.32. The molecule has 0 saturated heterocycles. The van der Waals surface area contributed by atoms with E-state index in [2.05, 4.69) is 0 Å². The maximum absolute atomic E-state index is 12.7. The van der Waals surface area contributed by atoms with Crippen molar-refractivity contribution in [1.29, 1.82) is 0 Å². The van der Waals surface area contributed by atoms with E-state index in [1.165, 1.54) is 18.2 Å². The van der Waals surface area contributed by atoms with Crippen molar-refractivity contribution < 1.29 is 18.0 Å². The first-order valence-electron chi connectivity index (χ1n) is 5.51. The average Bonchev–Trinajstić information content (AvgIpc) is 2.24. The predicted molar refractivity (Wildman–Crippen MR) is 59.8 cm³/mol. The Hall–Kier alpha value is -1.32. The van der Waals surface area contributed by atoms with Crippen LogP contribution in [0, 0.1) is 5.92 Å². The van der Waals surface area contributed by atoms with Gasteiger partial charge >= 0.3 is 6.18 Å². The van der Waals surface area contributed by atoms with E-state index in [0.29, 0.717) is 12.3 Å². The quantitative estimate of drug-likeness (QED) is 0.721. The lowest BCUT2D eigenvalue weighted by atomic mass is 9.97. The Balaban J connectivity index is 2.94. The summed E-state index contributed by atoms with van der Waals surface area (Å²) in [6.45, 7) is 3.87. The number of hydrogen-bond acceptors (Lipinski definition) is 1. The van der Waals surface area contributed by atoms with Gasteiger partial charge in [0.15, 0.2) is 5.78 Å². The molecule has 0 saturated carbocycles. The van der Waals surface area contributed by atoms with Gasteiger partial charge in [0.2, 0.25) is 0 Å². The van der Waals surface area contributed by atoms with Gasteiger partial charge in [0, 0.05) is 12.0 Å². The molecule has 0 aliphatic rings. The summed E-state index contributed by atoms with van der Waals surface area (Å²) in [5.41, 5.74) is -1.06. The van der Waals surface area contributed by atoms with Crippen molar-refractivity contribution in [2.75, 3.05) is 0 Å². The van der Waals surface area contributed by atoms with Gasteiger partial charge in [-0.1, -0.05) is 32.0 Å². The second-order valence-electron chi connectivity index (χ2n) is 4.40. The number of carbonyl (C=O) groups is 1. The standard InChI is InChI=1S/C13H15F3O/c1-9(2)7-8-12(17)10-5-3-4-6-11(10)13(14,15)16/h3-6,9H,7-8H2,1-2H3. The molecule has 0 fully saturated rings.